The number of benzene rings is 1. The van der Waals surface area contributed by atoms with Crippen LogP contribution in [0.25, 0.3) is 0 Å². The van der Waals surface area contributed by atoms with Gasteiger partial charge in [-0.05, 0) is 24.6 Å². The van der Waals surface area contributed by atoms with E-state index in [1.165, 1.54) is 21.9 Å². The van der Waals surface area contributed by atoms with Gasteiger partial charge in [-0.3, -0.25) is 9.08 Å². The van der Waals surface area contributed by atoms with Crippen molar-refractivity contribution in [1.82, 2.24) is 0 Å². The van der Waals surface area contributed by atoms with Gasteiger partial charge in [-0.15, -0.1) is 0 Å². The second kappa shape index (κ2) is 7.56. The molecule has 8 nitrogen and oxygen atoms in total. The van der Waals surface area contributed by atoms with Crippen molar-refractivity contribution in [3.8, 4) is 0 Å². The molecule has 2 aliphatic heterocycles. The monoisotopic (exact) mass is 406 g/mol. The first-order valence-corrected chi connectivity index (χ1v) is 10.1. The molecule has 0 radical (unpaired) electrons. The summed E-state index contributed by atoms with van der Waals surface area (Å²) in [7, 11) is -3.67. The molecule has 1 amide bonds. The van der Waals surface area contributed by atoms with E-state index >= 15 is 0 Å². The lowest BCUT2D eigenvalue weighted by Gasteiger charge is -2.34. The smallest absolute Gasteiger partial charge is 0.414 e. The Morgan fingerprint density at radius 3 is 2.74 bits per heavy atom. The third kappa shape index (κ3) is 4.66. The number of carbonyl (C=O) groups excluding carboxylic acids is 1. The molecule has 0 saturated carbocycles. The maximum atomic E-state index is 14.5. The van der Waals surface area contributed by atoms with Crippen molar-refractivity contribution in [2.75, 3.05) is 42.3 Å². The number of aliphatic hydroxyl groups excluding tert-OH is 1. The highest BCUT2D eigenvalue weighted by Crippen LogP contribution is 2.30. The molecule has 0 bridgehead atoms. The third-order valence-electron chi connectivity index (χ3n) is 4.43. The lowest BCUT2D eigenvalue weighted by atomic mass is 10.1. The highest BCUT2D eigenvalue weighted by molar-refractivity contribution is 7.85. The molecule has 0 spiro atoms. The Kier molecular flexibility index (Phi) is 5.54. The first-order chi connectivity index (χ1) is 12.6. The Labute approximate surface area is 155 Å². The second-order valence-corrected chi connectivity index (χ2v) is 8.20. The molecule has 150 valence electrons. The molecule has 1 aromatic rings. The number of piperidine rings is 1. The molecule has 1 aromatic carbocycles. The third-order valence-corrected chi connectivity index (χ3v) is 5.00. The molecule has 27 heavy (non-hydrogen) atoms. The summed E-state index contributed by atoms with van der Waals surface area (Å²) in [5.74, 6) is -0.639. The molecule has 0 aliphatic carbocycles. The fourth-order valence-corrected chi connectivity index (χ4v) is 3.45. The van der Waals surface area contributed by atoms with Crippen molar-refractivity contribution in [3.63, 3.8) is 0 Å². The summed E-state index contributed by atoms with van der Waals surface area (Å²) < 4.78 is 59.9. The van der Waals surface area contributed by atoms with Crippen molar-refractivity contribution in [3.05, 3.63) is 24.0 Å². The molecule has 2 fully saturated rings. The predicted molar refractivity (Wildman–Crippen MR) is 92.5 cm³/mol. The zero-order chi connectivity index (χ0) is 19.8. The highest BCUT2D eigenvalue weighted by Gasteiger charge is 2.34. The molecule has 2 saturated heterocycles. The van der Waals surface area contributed by atoms with Gasteiger partial charge in [0.15, 0.2) is 0 Å². The molecule has 2 unspecified atom stereocenters. The van der Waals surface area contributed by atoms with E-state index in [-0.39, 0.29) is 37.5 Å². The number of carbonyl (C=O) groups is 1. The van der Waals surface area contributed by atoms with Crippen LogP contribution in [0.1, 0.15) is 6.42 Å². The lowest BCUT2D eigenvalue weighted by Crippen LogP contribution is -2.45. The Morgan fingerprint density at radius 1 is 1.37 bits per heavy atom. The number of hydrogen-bond donors (Lipinski definition) is 1. The average Bonchev–Trinajstić information content (AvgIpc) is 2.96. The minimum atomic E-state index is -3.67. The SMILES string of the molecule is CS(=O)(=O)OC[C@H]1CN(c2ccc(N3CCC(O)C(F)C3)c(F)c2)C(=O)O1. The maximum absolute atomic E-state index is 14.5. The van der Waals surface area contributed by atoms with E-state index in [1.807, 2.05) is 0 Å². The van der Waals surface area contributed by atoms with E-state index in [4.69, 9.17) is 4.74 Å². The highest BCUT2D eigenvalue weighted by atomic mass is 32.2. The fourth-order valence-electron chi connectivity index (χ4n) is 3.05. The first-order valence-electron chi connectivity index (χ1n) is 8.33. The van der Waals surface area contributed by atoms with E-state index in [2.05, 4.69) is 4.18 Å². The normalized spacial score (nSPS) is 26.4. The maximum Gasteiger partial charge on any atom is 0.414 e. The van der Waals surface area contributed by atoms with Crippen molar-refractivity contribution < 1.29 is 36.0 Å². The quantitative estimate of drug-likeness (QED) is 0.730. The van der Waals surface area contributed by atoms with Crippen LogP contribution in [0.15, 0.2) is 18.2 Å². The zero-order valence-electron chi connectivity index (χ0n) is 14.5. The number of nitrogens with zero attached hydrogens (tertiary/aromatic N) is 2. The van der Waals surface area contributed by atoms with Gasteiger partial charge in [0, 0.05) is 6.54 Å². The number of ether oxygens (including phenoxy) is 1. The van der Waals surface area contributed by atoms with Crippen LogP contribution in [0.3, 0.4) is 0 Å². The Hall–Kier alpha value is -1.98. The minimum Gasteiger partial charge on any atom is -0.441 e. The summed E-state index contributed by atoms with van der Waals surface area (Å²) in [5.41, 5.74) is 0.412. The number of cyclic esters (lactones) is 1. The molecular formula is C16H20F2N2O6S. The molecule has 1 N–H and O–H groups in total. The summed E-state index contributed by atoms with van der Waals surface area (Å²) in [6.45, 7) is -0.117. The molecular weight excluding hydrogens is 386 g/mol. The summed E-state index contributed by atoms with van der Waals surface area (Å²) in [4.78, 5) is 14.6. The summed E-state index contributed by atoms with van der Waals surface area (Å²) in [6.07, 6.45) is -2.96. The largest absolute Gasteiger partial charge is 0.441 e. The van der Waals surface area contributed by atoms with Crippen LogP contribution in [0, 0.1) is 5.82 Å². The predicted octanol–water partition coefficient (Wildman–Crippen LogP) is 1.04. The average molecular weight is 406 g/mol. The van der Waals surface area contributed by atoms with Gasteiger partial charge in [0.25, 0.3) is 10.1 Å². The molecule has 0 aromatic heterocycles. The summed E-state index contributed by atoms with van der Waals surface area (Å²) >= 11 is 0. The Bertz CT molecular complexity index is 821. The van der Waals surface area contributed by atoms with E-state index in [1.54, 1.807) is 0 Å². The van der Waals surface area contributed by atoms with Crippen LogP contribution in [0.4, 0.5) is 25.0 Å². The number of alkyl halides is 1. The van der Waals surface area contributed by atoms with Crippen molar-refractivity contribution >= 4 is 27.6 Å². The van der Waals surface area contributed by atoms with Crippen LogP contribution in [-0.4, -0.2) is 70.5 Å². The van der Waals surface area contributed by atoms with E-state index in [9.17, 15) is 27.1 Å². The molecule has 3 rings (SSSR count). The zero-order valence-corrected chi connectivity index (χ0v) is 15.4. The van der Waals surface area contributed by atoms with E-state index < -0.39 is 40.4 Å². The van der Waals surface area contributed by atoms with Crippen LogP contribution in [-0.2, 0) is 19.0 Å². The van der Waals surface area contributed by atoms with Gasteiger partial charge in [-0.1, -0.05) is 0 Å². The number of amides is 1. The fraction of sp³-hybridized carbons (Fsp3) is 0.562. The molecule has 11 heteroatoms. The minimum absolute atomic E-state index is 0.00952. The van der Waals surface area contributed by atoms with Crippen LogP contribution >= 0.6 is 0 Å². The standard InChI is InChI=1S/C16H20F2N2O6S/c1-27(23,24)25-9-11-7-20(16(22)26-11)10-2-3-14(12(17)6-10)19-5-4-15(21)13(18)8-19/h2-3,6,11,13,15,21H,4-5,7-9H2,1H3/t11-,13?,15?/m1/s1. The number of hydrogen-bond acceptors (Lipinski definition) is 7. The van der Waals surface area contributed by atoms with Gasteiger partial charge in [-0.25, -0.2) is 13.6 Å². The Balaban J connectivity index is 1.69. The first kappa shape index (κ1) is 19.8. The van der Waals surface area contributed by atoms with Crippen molar-refractivity contribution in [2.24, 2.45) is 0 Å². The number of halogens is 2. The van der Waals surface area contributed by atoms with Crippen molar-refractivity contribution in [1.29, 1.82) is 0 Å². The molecule has 3 atom stereocenters. The van der Waals surface area contributed by atoms with Gasteiger partial charge in [-0.2, -0.15) is 8.42 Å². The van der Waals surface area contributed by atoms with Gasteiger partial charge < -0.3 is 14.7 Å². The van der Waals surface area contributed by atoms with E-state index in [0.29, 0.717) is 6.54 Å². The lowest BCUT2D eigenvalue weighted by molar-refractivity contribution is 0.0614. The number of anilines is 2. The van der Waals surface area contributed by atoms with E-state index in [0.717, 1.165) is 12.3 Å². The van der Waals surface area contributed by atoms with Gasteiger partial charge in [0.05, 0.1) is 36.8 Å². The van der Waals surface area contributed by atoms with Crippen molar-refractivity contribution in [2.45, 2.75) is 24.8 Å². The van der Waals surface area contributed by atoms with Crippen LogP contribution in [0.2, 0.25) is 0 Å². The second-order valence-electron chi connectivity index (χ2n) is 6.56. The summed E-state index contributed by atoms with van der Waals surface area (Å²) in [6, 6.07) is 4.06. The molecule has 2 aliphatic rings. The van der Waals surface area contributed by atoms with Gasteiger partial charge in [0.1, 0.15) is 24.7 Å². The molecule has 2 heterocycles. The van der Waals surface area contributed by atoms with Gasteiger partial charge >= 0.3 is 6.09 Å². The summed E-state index contributed by atoms with van der Waals surface area (Å²) in [5, 5.41) is 9.45. The number of aliphatic hydroxyl groups is 1. The van der Waals surface area contributed by atoms with Crippen LogP contribution < -0.4 is 9.80 Å². The van der Waals surface area contributed by atoms with Gasteiger partial charge in [0.2, 0.25) is 0 Å². The van der Waals surface area contributed by atoms with Crippen LogP contribution in [0.5, 0.6) is 0 Å². The topological polar surface area (TPSA) is 96.4 Å². The number of rotatable bonds is 5. The Morgan fingerprint density at radius 2 is 2.11 bits per heavy atom.